The molecule has 0 aromatic carbocycles. The summed E-state index contributed by atoms with van der Waals surface area (Å²) >= 11 is 0. The van der Waals surface area contributed by atoms with E-state index in [2.05, 4.69) is 15.3 Å². The van der Waals surface area contributed by atoms with Crippen LogP contribution in [-0.2, 0) is 16.0 Å². The number of methoxy groups -OCH3 is 1. The maximum absolute atomic E-state index is 12.5. The second-order valence-corrected chi connectivity index (χ2v) is 7.41. The van der Waals surface area contributed by atoms with E-state index >= 15 is 0 Å². The predicted molar refractivity (Wildman–Crippen MR) is 109 cm³/mol. The molecule has 2 aromatic rings. The SMILES string of the molecule is COC1CCC(C(=O)NCCc2nc(N(C)C)ncc2-c2ccncc2)CC1. The van der Waals surface area contributed by atoms with Crippen molar-refractivity contribution in [1.82, 2.24) is 20.3 Å². The molecule has 1 amide bonds. The molecule has 0 unspecified atom stereocenters. The van der Waals surface area contributed by atoms with E-state index in [1.54, 1.807) is 19.5 Å². The number of aromatic nitrogens is 3. The monoisotopic (exact) mass is 383 g/mol. The van der Waals surface area contributed by atoms with Gasteiger partial charge in [0.15, 0.2) is 0 Å². The van der Waals surface area contributed by atoms with Crippen LogP contribution in [0, 0.1) is 5.92 Å². The Morgan fingerprint density at radius 1 is 1.21 bits per heavy atom. The van der Waals surface area contributed by atoms with Gasteiger partial charge in [0.05, 0.1) is 11.8 Å². The lowest BCUT2D eigenvalue weighted by molar-refractivity contribution is -0.126. The first-order chi connectivity index (χ1) is 13.6. The lowest BCUT2D eigenvalue weighted by atomic mass is 9.87. The molecule has 1 fully saturated rings. The van der Waals surface area contributed by atoms with Crippen molar-refractivity contribution in [2.75, 3.05) is 32.6 Å². The molecule has 1 aliphatic carbocycles. The van der Waals surface area contributed by atoms with Crippen LogP contribution >= 0.6 is 0 Å². The molecular weight excluding hydrogens is 354 g/mol. The standard InChI is InChI=1S/C21H29N5O2/c1-26(2)21-24-14-18(15-8-11-22-12-9-15)19(25-21)10-13-23-20(27)16-4-6-17(28-3)7-5-16/h8-9,11-12,14,16-17H,4-7,10,13H2,1-3H3,(H,23,27). The van der Waals surface area contributed by atoms with Crippen LogP contribution < -0.4 is 10.2 Å². The Kier molecular flexibility index (Phi) is 6.92. The van der Waals surface area contributed by atoms with Crippen LogP contribution in [0.1, 0.15) is 31.4 Å². The average molecular weight is 383 g/mol. The van der Waals surface area contributed by atoms with E-state index in [1.165, 1.54) is 0 Å². The lowest BCUT2D eigenvalue weighted by Crippen LogP contribution is -2.35. The van der Waals surface area contributed by atoms with Gasteiger partial charge in [-0.1, -0.05) is 0 Å². The Labute approximate surface area is 166 Å². The van der Waals surface area contributed by atoms with Gasteiger partial charge in [0, 0.05) is 64.2 Å². The van der Waals surface area contributed by atoms with Gasteiger partial charge in [0.25, 0.3) is 0 Å². The number of carbonyl (C=O) groups is 1. The van der Waals surface area contributed by atoms with Gasteiger partial charge < -0.3 is 15.0 Å². The van der Waals surface area contributed by atoms with Gasteiger partial charge >= 0.3 is 0 Å². The molecule has 0 saturated heterocycles. The van der Waals surface area contributed by atoms with E-state index in [1.807, 2.05) is 37.3 Å². The first kappa shape index (κ1) is 20.2. The minimum Gasteiger partial charge on any atom is -0.381 e. The lowest BCUT2D eigenvalue weighted by Gasteiger charge is -2.26. The zero-order chi connectivity index (χ0) is 19.9. The van der Waals surface area contributed by atoms with Crippen LogP contribution in [0.3, 0.4) is 0 Å². The first-order valence-electron chi connectivity index (χ1n) is 9.82. The fraction of sp³-hybridized carbons (Fsp3) is 0.524. The highest BCUT2D eigenvalue weighted by atomic mass is 16.5. The van der Waals surface area contributed by atoms with Crippen molar-refractivity contribution in [2.45, 2.75) is 38.2 Å². The molecule has 0 bridgehead atoms. The van der Waals surface area contributed by atoms with Crippen molar-refractivity contribution in [2.24, 2.45) is 5.92 Å². The molecular formula is C21H29N5O2. The largest absolute Gasteiger partial charge is 0.381 e. The summed E-state index contributed by atoms with van der Waals surface area (Å²) in [7, 11) is 5.59. The predicted octanol–water partition coefficient (Wildman–Crippen LogP) is 2.47. The van der Waals surface area contributed by atoms with Crippen LogP contribution in [0.4, 0.5) is 5.95 Å². The van der Waals surface area contributed by atoms with Crippen molar-refractivity contribution in [3.63, 3.8) is 0 Å². The number of anilines is 1. The van der Waals surface area contributed by atoms with Crippen LogP contribution in [0.25, 0.3) is 11.1 Å². The molecule has 28 heavy (non-hydrogen) atoms. The highest BCUT2D eigenvalue weighted by Gasteiger charge is 2.25. The molecule has 3 rings (SSSR count). The van der Waals surface area contributed by atoms with Crippen LogP contribution in [0.15, 0.2) is 30.7 Å². The average Bonchev–Trinajstić information content (AvgIpc) is 2.74. The Bertz CT molecular complexity index is 774. The Morgan fingerprint density at radius 2 is 1.93 bits per heavy atom. The molecule has 2 heterocycles. The molecule has 7 heteroatoms. The molecule has 0 atom stereocenters. The van der Waals surface area contributed by atoms with E-state index in [-0.39, 0.29) is 11.8 Å². The number of carbonyl (C=O) groups excluding carboxylic acids is 1. The Hall–Kier alpha value is -2.54. The number of nitrogens with one attached hydrogen (secondary N) is 1. The van der Waals surface area contributed by atoms with E-state index < -0.39 is 0 Å². The van der Waals surface area contributed by atoms with Gasteiger partial charge in [-0.05, 0) is 43.4 Å². The third kappa shape index (κ3) is 5.04. The minimum absolute atomic E-state index is 0.0915. The van der Waals surface area contributed by atoms with Gasteiger partial charge in [-0.2, -0.15) is 0 Å². The zero-order valence-electron chi connectivity index (χ0n) is 16.9. The van der Waals surface area contributed by atoms with Crippen molar-refractivity contribution in [3.8, 4) is 11.1 Å². The normalized spacial score (nSPS) is 19.2. The summed E-state index contributed by atoms with van der Waals surface area (Å²) in [6.07, 6.45) is 10.0. The second kappa shape index (κ2) is 9.59. The number of amides is 1. The molecule has 0 aliphatic heterocycles. The maximum atomic E-state index is 12.5. The topological polar surface area (TPSA) is 80.2 Å². The van der Waals surface area contributed by atoms with Crippen LogP contribution in [-0.4, -0.2) is 54.7 Å². The van der Waals surface area contributed by atoms with Gasteiger partial charge in [-0.25, -0.2) is 9.97 Å². The van der Waals surface area contributed by atoms with E-state index in [0.29, 0.717) is 25.0 Å². The number of hydrogen-bond acceptors (Lipinski definition) is 6. The molecule has 150 valence electrons. The summed E-state index contributed by atoms with van der Waals surface area (Å²) in [5, 5.41) is 3.09. The van der Waals surface area contributed by atoms with Gasteiger partial charge in [-0.15, -0.1) is 0 Å². The van der Waals surface area contributed by atoms with Gasteiger partial charge in [0.2, 0.25) is 11.9 Å². The summed E-state index contributed by atoms with van der Waals surface area (Å²) in [6.45, 7) is 0.561. The van der Waals surface area contributed by atoms with Crippen LogP contribution in [0.2, 0.25) is 0 Å². The smallest absolute Gasteiger partial charge is 0.225 e. The van der Waals surface area contributed by atoms with Crippen LogP contribution in [0.5, 0.6) is 0 Å². The molecule has 7 nitrogen and oxygen atoms in total. The fourth-order valence-electron chi connectivity index (χ4n) is 3.59. The molecule has 0 radical (unpaired) electrons. The summed E-state index contributed by atoms with van der Waals surface area (Å²) in [5.74, 6) is 0.896. The van der Waals surface area contributed by atoms with Crippen molar-refractivity contribution in [3.05, 3.63) is 36.4 Å². The third-order valence-corrected chi connectivity index (χ3v) is 5.29. The number of ether oxygens (including phenoxy) is 1. The Morgan fingerprint density at radius 3 is 2.57 bits per heavy atom. The highest BCUT2D eigenvalue weighted by molar-refractivity contribution is 5.78. The number of pyridine rings is 1. The van der Waals surface area contributed by atoms with Gasteiger partial charge in [0.1, 0.15) is 0 Å². The minimum atomic E-state index is 0.0915. The summed E-state index contributed by atoms with van der Waals surface area (Å²) in [5.41, 5.74) is 2.93. The summed E-state index contributed by atoms with van der Waals surface area (Å²) in [6, 6.07) is 3.90. The van der Waals surface area contributed by atoms with E-state index in [0.717, 1.165) is 42.5 Å². The highest BCUT2D eigenvalue weighted by Crippen LogP contribution is 2.26. The van der Waals surface area contributed by atoms with Crippen molar-refractivity contribution in [1.29, 1.82) is 0 Å². The summed E-state index contributed by atoms with van der Waals surface area (Å²) in [4.78, 5) is 27.6. The zero-order valence-corrected chi connectivity index (χ0v) is 16.9. The molecule has 1 saturated carbocycles. The fourth-order valence-corrected chi connectivity index (χ4v) is 3.59. The van der Waals surface area contributed by atoms with Crippen molar-refractivity contribution >= 4 is 11.9 Å². The Balaban J connectivity index is 1.64. The second-order valence-electron chi connectivity index (χ2n) is 7.41. The maximum Gasteiger partial charge on any atom is 0.225 e. The van der Waals surface area contributed by atoms with E-state index in [9.17, 15) is 4.79 Å². The number of hydrogen-bond donors (Lipinski definition) is 1. The number of nitrogens with zero attached hydrogens (tertiary/aromatic N) is 4. The quantitative estimate of drug-likeness (QED) is 0.791. The molecule has 0 spiro atoms. The first-order valence-corrected chi connectivity index (χ1v) is 9.82. The van der Waals surface area contributed by atoms with E-state index in [4.69, 9.17) is 9.72 Å². The number of rotatable bonds is 7. The summed E-state index contributed by atoms with van der Waals surface area (Å²) < 4.78 is 5.39. The molecule has 1 N–H and O–H groups in total. The van der Waals surface area contributed by atoms with Gasteiger partial charge in [-0.3, -0.25) is 9.78 Å². The third-order valence-electron chi connectivity index (χ3n) is 5.29. The van der Waals surface area contributed by atoms with Crippen molar-refractivity contribution < 1.29 is 9.53 Å². The molecule has 1 aliphatic rings. The molecule has 2 aromatic heterocycles.